The SMILES string of the molecule is CC(C)COc1ccc(C(O)CNN)cc1. The van der Waals surface area contributed by atoms with Crippen molar-refractivity contribution < 1.29 is 9.84 Å². The fourth-order valence-electron chi connectivity index (χ4n) is 1.28. The molecule has 4 nitrogen and oxygen atoms in total. The van der Waals surface area contributed by atoms with Crippen LogP contribution in [0.15, 0.2) is 24.3 Å². The molecule has 16 heavy (non-hydrogen) atoms. The van der Waals surface area contributed by atoms with Gasteiger partial charge in [-0.3, -0.25) is 11.3 Å². The molecule has 0 aliphatic rings. The summed E-state index contributed by atoms with van der Waals surface area (Å²) >= 11 is 0. The number of aliphatic hydroxyl groups excluding tert-OH is 1. The zero-order valence-corrected chi connectivity index (χ0v) is 9.81. The van der Waals surface area contributed by atoms with Gasteiger partial charge in [0.25, 0.3) is 0 Å². The number of rotatable bonds is 6. The smallest absolute Gasteiger partial charge is 0.119 e. The largest absolute Gasteiger partial charge is 0.493 e. The number of hydrazine groups is 1. The molecule has 0 spiro atoms. The topological polar surface area (TPSA) is 67.5 Å². The van der Waals surface area contributed by atoms with Gasteiger partial charge in [-0.15, -0.1) is 0 Å². The summed E-state index contributed by atoms with van der Waals surface area (Å²) in [6, 6.07) is 7.41. The van der Waals surface area contributed by atoms with Crippen molar-refractivity contribution in [3.05, 3.63) is 29.8 Å². The van der Waals surface area contributed by atoms with Crippen LogP contribution in [0.1, 0.15) is 25.5 Å². The van der Waals surface area contributed by atoms with E-state index in [0.717, 1.165) is 11.3 Å². The van der Waals surface area contributed by atoms with Gasteiger partial charge in [-0.25, -0.2) is 0 Å². The molecule has 4 N–H and O–H groups in total. The first-order valence-corrected chi connectivity index (χ1v) is 5.47. The molecular formula is C12H20N2O2. The van der Waals surface area contributed by atoms with Gasteiger partial charge < -0.3 is 9.84 Å². The van der Waals surface area contributed by atoms with Crippen LogP contribution in [0.5, 0.6) is 5.75 Å². The molecule has 0 aromatic heterocycles. The van der Waals surface area contributed by atoms with Crippen LogP contribution in [0, 0.1) is 5.92 Å². The van der Waals surface area contributed by atoms with Gasteiger partial charge in [0.2, 0.25) is 0 Å². The lowest BCUT2D eigenvalue weighted by atomic mass is 10.1. The summed E-state index contributed by atoms with van der Waals surface area (Å²) in [6.45, 7) is 5.24. The first-order valence-electron chi connectivity index (χ1n) is 5.47. The van der Waals surface area contributed by atoms with E-state index in [9.17, 15) is 5.11 Å². The third-order valence-corrected chi connectivity index (χ3v) is 2.16. The number of hydrogen-bond acceptors (Lipinski definition) is 4. The molecule has 0 fully saturated rings. The summed E-state index contributed by atoms with van der Waals surface area (Å²) in [4.78, 5) is 0. The first kappa shape index (κ1) is 13.0. The predicted molar refractivity (Wildman–Crippen MR) is 63.9 cm³/mol. The van der Waals surface area contributed by atoms with Crippen LogP contribution < -0.4 is 16.0 Å². The Morgan fingerprint density at radius 1 is 1.31 bits per heavy atom. The molecule has 90 valence electrons. The fraction of sp³-hybridized carbons (Fsp3) is 0.500. The number of aliphatic hydroxyl groups is 1. The van der Waals surface area contributed by atoms with Crippen LogP contribution in [0.3, 0.4) is 0 Å². The van der Waals surface area contributed by atoms with E-state index < -0.39 is 6.10 Å². The van der Waals surface area contributed by atoms with Crippen molar-refractivity contribution in [1.82, 2.24) is 5.43 Å². The predicted octanol–water partition coefficient (Wildman–Crippen LogP) is 1.22. The maximum Gasteiger partial charge on any atom is 0.119 e. The average molecular weight is 224 g/mol. The van der Waals surface area contributed by atoms with Gasteiger partial charge in [0.05, 0.1) is 12.7 Å². The lowest BCUT2D eigenvalue weighted by Crippen LogP contribution is -2.27. The Bertz CT molecular complexity index is 298. The highest BCUT2D eigenvalue weighted by molar-refractivity contribution is 5.28. The van der Waals surface area contributed by atoms with E-state index in [1.165, 1.54) is 0 Å². The molecule has 0 saturated heterocycles. The monoisotopic (exact) mass is 224 g/mol. The van der Waals surface area contributed by atoms with Crippen LogP contribution in [-0.2, 0) is 0 Å². The highest BCUT2D eigenvalue weighted by Gasteiger charge is 2.06. The Balaban J connectivity index is 2.53. The summed E-state index contributed by atoms with van der Waals surface area (Å²) in [7, 11) is 0. The van der Waals surface area contributed by atoms with Crippen molar-refractivity contribution in [2.45, 2.75) is 20.0 Å². The van der Waals surface area contributed by atoms with Crippen LogP contribution in [-0.4, -0.2) is 18.3 Å². The van der Waals surface area contributed by atoms with Crippen molar-refractivity contribution in [1.29, 1.82) is 0 Å². The Morgan fingerprint density at radius 2 is 1.94 bits per heavy atom. The summed E-state index contributed by atoms with van der Waals surface area (Å²) in [6.07, 6.45) is -0.579. The van der Waals surface area contributed by atoms with Gasteiger partial charge in [0, 0.05) is 6.54 Å². The van der Waals surface area contributed by atoms with Crippen LogP contribution in [0.2, 0.25) is 0 Å². The van der Waals surface area contributed by atoms with Crippen molar-refractivity contribution in [2.75, 3.05) is 13.2 Å². The van der Waals surface area contributed by atoms with Gasteiger partial charge in [-0.05, 0) is 23.6 Å². The molecule has 1 rings (SSSR count). The second-order valence-corrected chi connectivity index (χ2v) is 4.20. The average Bonchev–Trinajstić information content (AvgIpc) is 2.27. The fourth-order valence-corrected chi connectivity index (χ4v) is 1.28. The van der Waals surface area contributed by atoms with Crippen molar-refractivity contribution in [2.24, 2.45) is 11.8 Å². The zero-order chi connectivity index (χ0) is 12.0. The van der Waals surface area contributed by atoms with Gasteiger partial charge >= 0.3 is 0 Å². The van der Waals surface area contributed by atoms with E-state index in [-0.39, 0.29) is 0 Å². The Labute approximate surface area is 96.4 Å². The lowest BCUT2D eigenvalue weighted by molar-refractivity contribution is 0.175. The molecule has 0 heterocycles. The normalized spacial score (nSPS) is 12.8. The first-order chi connectivity index (χ1) is 7.63. The van der Waals surface area contributed by atoms with E-state index >= 15 is 0 Å². The zero-order valence-electron chi connectivity index (χ0n) is 9.81. The maximum atomic E-state index is 9.65. The summed E-state index contributed by atoms with van der Waals surface area (Å²) in [5.41, 5.74) is 3.27. The van der Waals surface area contributed by atoms with Crippen LogP contribution >= 0.6 is 0 Å². The molecule has 1 atom stereocenters. The minimum atomic E-state index is -0.579. The van der Waals surface area contributed by atoms with Gasteiger partial charge in [0.1, 0.15) is 5.75 Å². The van der Waals surface area contributed by atoms with Gasteiger partial charge in [-0.1, -0.05) is 26.0 Å². The van der Waals surface area contributed by atoms with Gasteiger partial charge in [0.15, 0.2) is 0 Å². The number of hydrogen-bond donors (Lipinski definition) is 3. The molecule has 1 aromatic rings. The van der Waals surface area contributed by atoms with Crippen LogP contribution in [0.25, 0.3) is 0 Å². The molecule has 0 radical (unpaired) electrons. The third-order valence-electron chi connectivity index (χ3n) is 2.16. The Morgan fingerprint density at radius 3 is 2.44 bits per heavy atom. The maximum absolute atomic E-state index is 9.65. The quantitative estimate of drug-likeness (QED) is 0.502. The van der Waals surface area contributed by atoms with Crippen LogP contribution in [0.4, 0.5) is 0 Å². The standard InChI is InChI=1S/C12H20N2O2/c1-9(2)8-16-11-5-3-10(4-6-11)12(15)7-14-13/h3-6,9,12,14-15H,7-8,13H2,1-2H3. The molecule has 0 aliphatic carbocycles. The summed E-state index contributed by atoms with van der Waals surface area (Å²) < 4.78 is 5.54. The third kappa shape index (κ3) is 4.18. The highest BCUT2D eigenvalue weighted by Crippen LogP contribution is 2.17. The molecule has 0 bridgehead atoms. The Hall–Kier alpha value is -1.10. The van der Waals surface area contributed by atoms with E-state index in [2.05, 4.69) is 19.3 Å². The van der Waals surface area contributed by atoms with E-state index in [0.29, 0.717) is 19.1 Å². The summed E-state index contributed by atoms with van der Waals surface area (Å²) in [5, 5.41) is 9.65. The second-order valence-electron chi connectivity index (χ2n) is 4.20. The number of ether oxygens (including phenoxy) is 1. The van der Waals surface area contributed by atoms with E-state index in [4.69, 9.17) is 10.6 Å². The van der Waals surface area contributed by atoms with Gasteiger partial charge in [-0.2, -0.15) is 0 Å². The molecular weight excluding hydrogens is 204 g/mol. The summed E-state index contributed by atoms with van der Waals surface area (Å²) in [5.74, 6) is 6.47. The molecule has 4 heteroatoms. The number of nitrogens with one attached hydrogen (secondary N) is 1. The van der Waals surface area contributed by atoms with E-state index in [1.54, 1.807) is 0 Å². The van der Waals surface area contributed by atoms with Crippen molar-refractivity contribution in [3.63, 3.8) is 0 Å². The molecule has 0 amide bonds. The molecule has 0 aliphatic heterocycles. The van der Waals surface area contributed by atoms with E-state index in [1.807, 2.05) is 24.3 Å². The lowest BCUT2D eigenvalue weighted by Gasteiger charge is -2.12. The molecule has 1 aromatic carbocycles. The minimum Gasteiger partial charge on any atom is -0.493 e. The molecule has 1 unspecified atom stereocenters. The molecule has 0 saturated carbocycles. The minimum absolute atomic E-state index is 0.339. The number of nitrogens with two attached hydrogens (primary N) is 1. The highest BCUT2D eigenvalue weighted by atomic mass is 16.5. The second kappa shape index (κ2) is 6.48. The Kier molecular flexibility index (Phi) is 5.25. The van der Waals surface area contributed by atoms with Crippen molar-refractivity contribution in [3.8, 4) is 5.75 Å². The number of benzene rings is 1. The van der Waals surface area contributed by atoms with Crippen molar-refractivity contribution >= 4 is 0 Å².